The van der Waals surface area contributed by atoms with Gasteiger partial charge in [0.05, 0.1) is 11.6 Å². The van der Waals surface area contributed by atoms with Gasteiger partial charge in [-0.25, -0.2) is 4.39 Å². The molecule has 0 atom stereocenters. The summed E-state index contributed by atoms with van der Waals surface area (Å²) in [6, 6.07) is 9.92. The third kappa shape index (κ3) is 2.72. The van der Waals surface area contributed by atoms with Gasteiger partial charge in [0, 0.05) is 16.8 Å². The lowest BCUT2D eigenvalue weighted by atomic mass is 10.1. The summed E-state index contributed by atoms with van der Waals surface area (Å²) >= 11 is 0. The summed E-state index contributed by atoms with van der Waals surface area (Å²) in [5, 5.41) is 8.70. The Morgan fingerprint density at radius 3 is 2.65 bits per heavy atom. The van der Waals surface area contributed by atoms with Gasteiger partial charge in [0.2, 0.25) is 0 Å². The molecule has 3 nitrogen and oxygen atoms in total. The monoisotopic (exact) mass is 270 g/mol. The first-order chi connectivity index (χ1) is 9.52. The highest BCUT2D eigenvalue weighted by Gasteiger charge is 2.09. The SMILES string of the molecule is Cc1ccc(N)c(C)c1OCc1ccc(C#N)cc1F. The summed E-state index contributed by atoms with van der Waals surface area (Å²) in [6.07, 6.45) is 0. The molecule has 20 heavy (non-hydrogen) atoms. The fourth-order valence-corrected chi connectivity index (χ4v) is 1.95. The van der Waals surface area contributed by atoms with Gasteiger partial charge >= 0.3 is 0 Å². The van der Waals surface area contributed by atoms with Gasteiger partial charge in [-0.05, 0) is 37.6 Å². The number of anilines is 1. The molecular formula is C16H15FN2O. The molecular weight excluding hydrogens is 255 g/mol. The lowest BCUT2D eigenvalue weighted by Crippen LogP contribution is -2.03. The molecule has 2 rings (SSSR count). The highest BCUT2D eigenvalue weighted by molar-refractivity contribution is 5.56. The number of nitriles is 1. The average Bonchev–Trinajstić information content (AvgIpc) is 2.44. The van der Waals surface area contributed by atoms with Crippen molar-refractivity contribution in [3.63, 3.8) is 0 Å². The number of benzene rings is 2. The molecule has 0 aromatic heterocycles. The Hall–Kier alpha value is -2.54. The average molecular weight is 270 g/mol. The summed E-state index contributed by atoms with van der Waals surface area (Å²) < 4.78 is 19.5. The normalized spacial score (nSPS) is 10.1. The Bertz CT molecular complexity index is 690. The zero-order chi connectivity index (χ0) is 14.7. The van der Waals surface area contributed by atoms with Gasteiger partial charge < -0.3 is 10.5 Å². The minimum Gasteiger partial charge on any atom is -0.488 e. The molecule has 0 aliphatic heterocycles. The standard InChI is InChI=1S/C16H15FN2O/c1-10-3-6-15(19)11(2)16(10)20-9-13-5-4-12(8-18)7-14(13)17/h3-7H,9,19H2,1-2H3. The van der Waals surface area contributed by atoms with Crippen LogP contribution in [0.3, 0.4) is 0 Å². The molecule has 0 aliphatic rings. The fourth-order valence-electron chi connectivity index (χ4n) is 1.95. The van der Waals surface area contributed by atoms with Crippen LogP contribution in [0.25, 0.3) is 0 Å². The zero-order valence-corrected chi connectivity index (χ0v) is 11.4. The molecule has 0 unspecified atom stereocenters. The van der Waals surface area contributed by atoms with Gasteiger partial charge in [-0.2, -0.15) is 5.26 Å². The van der Waals surface area contributed by atoms with Crippen LogP contribution in [-0.2, 0) is 6.61 Å². The molecule has 0 spiro atoms. The number of rotatable bonds is 3. The molecule has 0 bridgehead atoms. The van der Waals surface area contributed by atoms with E-state index < -0.39 is 5.82 Å². The number of nitrogen functional groups attached to an aromatic ring is 1. The van der Waals surface area contributed by atoms with E-state index in [4.69, 9.17) is 15.7 Å². The number of aryl methyl sites for hydroxylation is 1. The van der Waals surface area contributed by atoms with Crippen LogP contribution in [0.4, 0.5) is 10.1 Å². The van der Waals surface area contributed by atoms with Crippen LogP contribution in [0.15, 0.2) is 30.3 Å². The maximum atomic E-state index is 13.8. The summed E-state index contributed by atoms with van der Waals surface area (Å²) in [4.78, 5) is 0. The minimum atomic E-state index is -0.441. The van der Waals surface area contributed by atoms with Crippen molar-refractivity contribution in [1.29, 1.82) is 5.26 Å². The zero-order valence-electron chi connectivity index (χ0n) is 11.4. The molecule has 0 saturated heterocycles. The highest BCUT2D eigenvalue weighted by atomic mass is 19.1. The predicted molar refractivity (Wildman–Crippen MR) is 75.8 cm³/mol. The Morgan fingerprint density at radius 2 is 2.00 bits per heavy atom. The van der Waals surface area contributed by atoms with Crippen molar-refractivity contribution in [2.45, 2.75) is 20.5 Å². The second-order valence-corrected chi connectivity index (χ2v) is 4.63. The van der Waals surface area contributed by atoms with Gasteiger partial charge in [0.1, 0.15) is 18.2 Å². The van der Waals surface area contributed by atoms with Crippen molar-refractivity contribution in [2.75, 3.05) is 5.73 Å². The van der Waals surface area contributed by atoms with Crippen molar-refractivity contribution < 1.29 is 9.13 Å². The van der Waals surface area contributed by atoms with Crippen LogP contribution in [0.5, 0.6) is 5.75 Å². The van der Waals surface area contributed by atoms with E-state index in [1.54, 1.807) is 12.1 Å². The highest BCUT2D eigenvalue weighted by Crippen LogP contribution is 2.28. The summed E-state index contributed by atoms with van der Waals surface area (Å²) in [6.45, 7) is 3.88. The molecule has 2 aromatic rings. The first kappa shape index (κ1) is 13.9. The molecule has 0 amide bonds. The number of nitrogens with zero attached hydrogens (tertiary/aromatic N) is 1. The van der Waals surface area contributed by atoms with E-state index in [9.17, 15) is 4.39 Å². The second-order valence-electron chi connectivity index (χ2n) is 4.63. The molecule has 2 N–H and O–H groups in total. The van der Waals surface area contributed by atoms with E-state index in [0.29, 0.717) is 22.6 Å². The number of halogens is 1. The smallest absolute Gasteiger partial charge is 0.131 e. The number of hydrogen-bond donors (Lipinski definition) is 1. The molecule has 0 fully saturated rings. The van der Waals surface area contributed by atoms with Crippen molar-refractivity contribution >= 4 is 5.69 Å². The van der Waals surface area contributed by atoms with Gasteiger partial charge in [0.15, 0.2) is 0 Å². The number of nitrogens with two attached hydrogens (primary N) is 1. The Morgan fingerprint density at radius 1 is 1.25 bits per heavy atom. The van der Waals surface area contributed by atoms with Crippen LogP contribution < -0.4 is 10.5 Å². The molecule has 0 heterocycles. The van der Waals surface area contributed by atoms with Gasteiger partial charge in [-0.15, -0.1) is 0 Å². The Labute approximate surface area is 117 Å². The van der Waals surface area contributed by atoms with Crippen LogP contribution >= 0.6 is 0 Å². The van der Waals surface area contributed by atoms with E-state index in [0.717, 1.165) is 11.1 Å². The van der Waals surface area contributed by atoms with Gasteiger partial charge in [-0.1, -0.05) is 12.1 Å². The third-order valence-corrected chi connectivity index (χ3v) is 3.20. The van der Waals surface area contributed by atoms with E-state index in [1.807, 2.05) is 32.0 Å². The second kappa shape index (κ2) is 5.62. The van der Waals surface area contributed by atoms with Crippen molar-refractivity contribution in [2.24, 2.45) is 0 Å². The minimum absolute atomic E-state index is 0.0999. The molecule has 0 saturated carbocycles. The quantitative estimate of drug-likeness (QED) is 0.869. The van der Waals surface area contributed by atoms with Crippen molar-refractivity contribution in [1.82, 2.24) is 0 Å². The van der Waals surface area contributed by atoms with E-state index in [2.05, 4.69) is 0 Å². The molecule has 0 radical (unpaired) electrons. The number of hydrogen-bond acceptors (Lipinski definition) is 3. The van der Waals surface area contributed by atoms with E-state index in [-0.39, 0.29) is 6.61 Å². The molecule has 4 heteroatoms. The maximum absolute atomic E-state index is 13.8. The fraction of sp³-hybridized carbons (Fsp3) is 0.188. The maximum Gasteiger partial charge on any atom is 0.131 e. The van der Waals surface area contributed by atoms with Crippen LogP contribution in [0.2, 0.25) is 0 Å². The first-order valence-corrected chi connectivity index (χ1v) is 6.20. The Balaban J connectivity index is 2.22. The van der Waals surface area contributed by atoms with Gasteiger partial charge in [-0.3, -0.25) is 0 Å². The molecule has 2 aromatic carbocycles. The predicted octanol–water partition coefficient (Wildman–Crippen LogP) is 3.48. The summed E-state index contributed by atoms with van der Waals surface area (Å²) in [5.41, 5.74) is 8.98. The van der Waals surface area contributed by atoms with Crippen molar-refractivity contribution in [3.05, 3.63) is 58.4 Å². The van der Waals surface area contributed by atoms with E-state index in [1.165, 1.54) is 6.07 Å². The van der Waals surface area contributed by atoms with Gasteiger partial charge in [0.25, 0.3) is 0 Å². The largest absolute Gasteiger partial charge is 0.488 e. The molecule has 0 aliphatic carbocycles. The van der Waals surface area contributed by atoms with E-state index >= 15 is 0 Å². The Kier molecular flexibility index (Phi) is 3.90. The topological polar surface area (TPSA) is 59.0 Å². The summed E-state index contributed by atoms with van der Waals surface area (Å²) in [5.74, 6) is 0.233. The molecule has 102 valence electrons. The first-order valence-electron chi connectivity index (χ1n) is 6.20. The lowest BCUT2D eigenvalue weighted by molar-refractivity contribution is 0.296. The number of ether oxygens (including phenoxy) is 1. The third-order valence-electron chi connectivity index (χ3n) is 3.20. The lowest BCUT2D eigenvalue weighted by Gasteiger charge is -2.14. The van der Waals surface area contributed by atoms with Crippen LogP contribution in [0, 0.1) is 31.0 Å². The summed E-state index contributed by atoms with van der Waals surface area (Å²) in [7, 11) is 0. The van der Waals surface area contributed by atoms with Crippen molar-refractivity contribution in [3.8, 4) is 11.8 Å². The van der Waals surface area contributed by atoms with Crippen LogP contribution in [-0.4, -0.2) is 0 Å². The van der Waals surface area contributed by atoms with Crippen LogP contribution in [0.1, 0.15) is 22.3 Å².